The average molecular weight is 82.9 g/mol. The van der Waals surface area contributed by atoms with Gasteiger partial charge in [0.2, 0.25) is 0 Å². The smallest absolute Gasteiger partial charge is 0.258 e. The summed E-state index contributed by atoms with van der Waals surface area (Å²) in [6, 6.07) is 0. The summed E-state index contributed by atoms with van der Waals surface area (Å²) in [7, 11) is 0.278. The number of carbonyl (C=O) groups excluding carboxylic acids is 1. The monoisotopic (exact) mass is 83.1 g/mol. The van der Waals surface area contributed by atoms with Crippen LogP contribution in [-0.4, -0.2) is 13.1 Å². The quantitative estimate of drug-likeness (QED) is 0.455. The molecule has 0 aromatic carbocycles. The number of hydrogen-bond donors (Lipinski definition) is 1. The van der Waals surface area contributed by atoms with Gasteiger partial charge in [-0.15, -0.1) is 12.6 Å². The summed E-state index contributed by atoms with van der Waals surface area (Å²) in [4.78, 5) is 9.75. The zero-order chi connectivity index (χ0) is 4.99. The fourth-order valence-corrected chi connectivity index (χ4v) is 0.142. The van der Waals surface area contributed by atoms with Crippen molar-refractivity contribution in [2.24, 2.45) is 5.73 Å². The molecule has 1 amide bonds. The molecule has 0 rings (SSSR count). The maximum atomic E-state index is 9.75. The van der Waals surface area contributed by atoms with Crippen LogP contribution in [0.5, 0.6) is 0 Å². The van der Waals surface area contributed by atoms with Crippen LogP contribution in [0.1, 0.15) is 0 Å². The number of amides is 1. The Morgan fingerprint density at radius 1 is 2.00 bits per heavy atom. The Balaban J connectivity index is 3.05. The van der Waals surface area contributed by atoms with Gasteiger partial charge in [-0.25, -0.2) is 0 Å². The maximum absolute atomic E-state index is 9.75. The van der Waals surface area contributed by atoms with Crippen LogP contribution in [-0.2, 0) is 0 Å². The third kappa shape index (κ3) is 3.27. The van der Waals surface area contributed by atoms with Crippen LogP contribution in [0.3, 0.4) is 0 Å². The molecule has 0 aromatic heterocycles. The molecule has 0 spiro atoms. The van der Waals surface area contributed by atoms with Crippen LogP contribution in [0.4, 0.5) is 4.79 Å². The third-order valence-electron chi connectivity index (χ3n) is 0.346. The van der Waals surface area contributed by atoms with E-state index >= 15 is 0 Å². The highest BCUT2D eigenvalue weighted by Gasteiger charge is 1.85. The van der Waals surface area contributed by atoms with E-state index in [1.54, 1.807) is 0 Å². The summed E-state index contributed by atoms with van der Waals surface area (Å²) >= 11 is 0. The molecule has 0 aromatic rings. The van der Waals surface area contributed by atoms with E-state index in [-0.39, 0.29) is 13.1 Å². The second-order valence-corrected chi connectivity index (χ2v) is 0.959. The molecule has 0 atom stereocenters. The first-order valence-electron chi connectivity index (χ1n) is 1.66. The lowest BCUT2D eigenvalue weighted by Crippen LogP contribution is -2.14. The number of nitrogens with two attached hydrogens (primary N) is 1. The molecule has 2 nitrogen and oxygen atoms in total. The van der Waals surface area contributed by atoms with Crippen molar-refractivity contribution in [3.63, 3.8) is 0 Å². The van der Waals surface area contributed by atoms with Gasteiger partial charge in [0, 0.05) is 0 Å². The van der Waals surface area contributed by atoms with Crippen molar-refractivity contribution >= 4 is 13.1 Å². The standard InChI is InChI=1S/C3H6BNO/c1-2-4-3(5)6/h2,4H,1H2,(H2,5,6). The molecule has 3 heteroatoms. The van der Waals surface area contributed by atoms with Crippen molar-refractivity contribution in [2.75, 3.05) is 0 Å². The van der Waals surface area contributed by atoms with E-state index in [0.717, 1.165) is 0 Å². The molecule has 0 bridgehead atoms. The normalized spacial score (nSPS) is 6.67. The molecule has 0 fully saturated rings. The largest absolute Gasteiger partial charge is 0.378 e. The molecule has 0 radical (unpaired) electrons. The van der Waals surface area contributed by atoms with E-state index in [1.807, 2.05) is 0 Å². The van der Waals surface area contributed by atoms with Gasteiger partial charge in [-0.3, -0.25) is 4.79 Å². The second kappa shape index (κ2) is 2.51. The summed E-state index contributed by atoms with van der Waals surface area (Å²) in [5.74, 6) is 1.15. The first-order chi connectivity index (χ1) is 2.77. The summed E-state index contributed by atoms with van der Waals surface area (Å²) in [6.45, 7) is 3.30. The van der Waals surface area contributed by atoms with Gasteiger partial charge in [0.25, 0.3) is 7.28 Å². The van der Waals surface area contributed by atoms with Gasteiger partial charge < -0.3 is 5.73 Å². The molecule has 0 unspecified atom stereocenters. The second-order valence-electron chi connectivity index (χ2n) is 0.959. The van der Waals surface area contributed by atoms with Crippen LogP contribution >= 0.6 is 0 Å². The molecule has 2 N–H and O–H groups in total. The summed E-state index contributed by atoms with van der Waals surface area (Å²) in [6.07, 6.45) is 0. The third-order valence-corrected chi connectivity index (χ3v) is 0.346. The van der Waals surface area contributed by atoms with E-state index in [9.17, 15) is 4.79 Å². The highest BCUT2D eigenvalue weighted by Crippen LogP contribution is 1.57. The van der Waals surface area contributed by atoms with E-state index < -0.39 is 0 Å². The first kappa shape index (κ1) is 5.27. The Kier molecular flexibility index (Phi) is 2.21. The first-order valence-corrected chi connectivity index (χ1v) is 1.66. The zero-order valence-electron chi connectivity index (χ0n) is 3.48. The van der Waals surface area contributed by atoms with Gasteiger partial charge in [0.1, 0.15) is 0 Å². The number of primary amides is 1. The Labute approximate surface area is 37.3 Å². The van der Waals surface area contributed by atoms with Gasteiger partial charge >= 0.3 is 0 Å². The fraction of sp³-hybridized carbons (Fsp3) is 0. The Hall–Kier alpha value is -0.725. The minimum Gasteiger partial charge on any atom is -0.378 e. The van der Waals surface area contributed by atoms with Gasteiger partial charge in [-0.1, -0.05) is 0 Å². The predicted molar refractivity (Wildman–Crippen MR) is 26.9 cm³/mol. The highest BCUT2D eigenvalue weighted by molar-refractivity contribution is 6.76. The lowest BCUT2D eigenvalue weighted by molar-refractivity contribution is 0.266. The SMILES string of the molecule is C=CBC(N)=O. The van der Waals surface area contributed by atoms with Crippen molar-refractivity contribution in [3.8, 4) is 0 Å². The van der Waals surface area contributed by atoms with Crippen molar-refractivity contribution in [1.29, 1.82) is 0 Å². The Morgan fingerprint density at radius 3 is 2.50 bits per heavy atom. The lowest BCUT2D eigenvalue weighted by atomic mass is 9.79. The van der Waals surface area contributed by atoms with Crippen molar-refractivity contribution in [2.45, 2.75) is 0 Å². The van der Waals surface area contributed by atoms with Gasteiger partial charge in [-0.2, -0.15) is 0 Å². The van der Waals surface area contributed by atoms with E-state index in [0.29, 0.717) is 0 Å². The van der Waals surface area contributed by atoms with Crippen LogP contribution in [0.15, 0.2) is 12.6 Å². The van der Waals surface area contributed by atoms with E-state index in [2.05, 4.69) is 6.58 Å². The Bertz CT molecular complexity index is 71.2. The van der Waals surface area contributed by atoms with Crippen molar-refractivity contribution in [1.82, 2.24) is 0 Å². The van der Waals surface area contributed by atoms with Crippen molar-refractivity contribution < 1.29 is 4.79 Å². The molecule has 0 aliphatic rings. The van der Waals surface area contributed by atoms with Crippen LogP contribution in [0, 0.1) is 0 Å². The fourth-order valence-electron chi connectivity index (χ4n) is 0.142. The number of hydrogen-bond acceptors (Lipinski definition) is 1. The average Bonchev–Trinajstić information content (AvgIpc) is 1.35. The summed E-state index contributed by atoms with van der Waals surface area (Å²) < 4.78 is 0. The van der Waals surface area contributed by atoms with Crippen LogP contribution in [0.25, 0.3) is 0 Å². The molecule has 0 aliphatic carbocycles. The molecular formula is C3H6BNO. The molecular weight excluding hydrogens is 76.9 g/mol. The molecule has 0 saturated carbocycles. The number of rotatable bonds is 2. The molecule has 0 saturated heterocycles. The summed E-state index contributed by atoms with van der Waals surface area (Å²) in [5.41, 5.74) is 4.69. The van der Waals surface area contributed by atoms with Gasteiger partial charge in [0.05, 0.1) is 0 Å². The highest BCUT2D eigenvalue weighted by atomic mass is 16.1. The Morgan fingerprint density at radius 2 is 2.50 bits per heavy atom. The molecule has 0 heterocycles. The summed E-state index contributed by atoms with van der Waals surface area (Å²) in [5, 5.41) is 0. The maximum Gasteiger partial charge on any atom is 0.258 e. The minimum atomic E-state index is -0.329. The lowest BCUT2D eigenvalue weighted by Gasteiger charge is -1.73. The molecule has 0 aliphatic heterocycles. The van der Waals surface area contributed by atoms with Gasteiger partial charge in [0.15, 0.2) is 5.81 Å². The number of carbonyl (C=O) groups is 1. The predicted octanol–water partition coefficient (Wildman–Crippen LogP) is -0.355. The zero-order valence-corrected chi connectivity index (χ0v) is 3.48. The van der Waals surface area contributed by atoms with Crippen LogP contribution < -0.4 is 5.73 Å². The molecule has 6 heavy (non-hydrogen) atoms. The van der Waals surface area contributed by atoms with Crippen molar-refractivity contribution in [3.05, 3.63) is 12.6 Å². The topological polar surface area (TPSA) is 43.1 Å². The molecule has 32 valence electrons. The van der Waals surface area contributed by atoms with E-state index in [1.165, 1.54) is 5.98 Å². The van der Waals surface area contributed by atoms with Crippen LogP contribution in [0.2, 0.25) is 0 Å². The van der Waals surface area contributed by atoms with E-state index in [4.69, 9.17) is 5.73 Å². The minimum absolute atomic E-state index is 0.278. The van der Waals surface area contributed by atoms with Gasteiger partial charge in [-0.05, 0) is 0 Å².